The van der Waals surface area contributed by atoms with Crippen LogP contribution in [0.4, 0.5) is 28.4 Å². The molecule has 0 unspecified atom stereocenters. The molecule has 0 atom stereocenters. The smallest absolute Gasteiger partial charge is 0.287 e. The van der Waals surface area contributed by atoms with E-state index in [2.05, 4.69) is 33.5 Å². The second kappa shape index (κ2) is 14.3. The standard InChI is InChI=1S/C33H36N11O7/c1-7-8-34-29(45)24-9-19(14-39(24)2)35-30(46)25-10-20(15-40(25)3)36-31(47)26-11-21(16-41(26)4)37-32(48)27-12-22(17-42(27)5)38-33(49)28-13-23(44(50)51)18-43(28)6/h9-18H,1,7-8H2,2-6H3,(H,34,45)(H,35,46)(H,36,47)(H,37,48)(H,38,49). The SMILES string of the molecule is [CH2]CCNC(=O)c1cc(NC(=O)c2cc(NC(=O)c3cc(NC(=O)c4cc(NC(=O)c5cc([N+](=O)[O-])cn5C)cn4C)cn3C)cn2C)cn1C. The fourth-order valence-corrected chi connectivity index (χ4v) is 5.38. The molecule has 0 spiro atoms. The van der Waals surface area contributed by atoms with E-state index in [0.29, 0.717) is 41.4 Å². The highest BCUT2D eigenvalue weighted by Gasteiger charge is 2.22. The summed E-state index contributed by atoms with van der Waals surface area (Å²) in [5, 5.41) is 24.7. The van der Waals surface area contributed by atoms with Crippen molar-refractivity contribution in [2.45, 2.75) is 6.42 Å². The first kappa shape index (κ1) is 35.5. The van der Waals surface area contributed by atoms with Crippen LogP contribution in [0.3, 0.4) is 0 Å². The summed E-state index contributed by atoms with van der Waals surface area (Å²) in [6, 6.07) is 7.15. The molecule has 0 aliphatic rings. The highest BCUT2D eigenvalue weighted by atomic mass is 16.6. The Labute approximate surface area is 291 Å². The van der Waals surface area contributed by atoms with E-state index in [0.717, 1.165) is 6.07 Å². The molecule has 265 valence electrons. The molecule has 51 heavy (non-hydrogen) atoms. The van der Waals surface area contributed by atoms with Crippen LogP contribution in [0.1, 0.15) is 58.9 Å². The number of hydrogen-bond donors (Lipinski definition) is 5. The van der Waals surface area contributed by atoms with E-state index in [1.54, 1.807) is 62.0 Å². The van der Waals surface area contributed by atoms with Gasteiger partial charge in [-0.15, -0.1) is 0 Å². The number of nitro groups is 1. The molecule has 0 aliphatic carbocycles. The molecule has 0 aliphatic heterocycles. The maximum Gasteiger partial charge on any atom is 0.287 e. The van der Waals surface area contributed by atoms with E-state index in [1.807, 2.05) is 0 Å². The van der Waals surface area contributed by atoms with Gasteiger partial charge in [-0.2, -0.15) is 0 Å². The minimum Gasteiger partial charge on any atom is -0.351 e. The Morgan fingerprint density at radius 1 is 0.549 bits per heavy atom. The summed E-state index contributed by atoms with van der Waals surface area (Å²) in [4.78, 5) is 75.0. The topological polar surface area (TPSA) is 213 Å². The lowest BCUT2D eigenvalue weighted by Gasteiger charge is -2.03. The first-order valence-electron chi connectivity index (χ1n) is 15.4. The Hall–Kier alpha value is -6.85. The Morgan fingerprint density at radius 2 is 0.843 bits per heavy atom. The monoisotopic (exact) mass is 698 g/mol. The second-order valence-electron chi connectivity index (χ2n) is 11.8. The lowest BCUT2D eigenvalue weighted by Crippen LogP contribution is -2.25. The fourth-order valence-electron chi connectivity index (χ4n) is 5.38. The number of rotatable bonds is 12. The van der Waals surface area contributed by atoms with E-state index in [9.17, 15) is 34.1 Å². The van der Waals surface area contributed by atoms with Gasteiger partial charge < -0.3 is 49.4 Å². The van der Waals surface area contributed by atoms with Crippen molar-refractivity contribution in [3.8, 4) is 0 Å². The van der Waals surface area contributed by atoms with Gasteiger partial charge >= 0.3 is 0 Å². The van der Waals surface area contributed by atoms with Crippen molar-refractivity contribution in [2.24, 2.45) is 35.2 Å². The maximum atomic E-state index is 13.2. The summed E-state index contributed by atoms with van der Waals surface area (Å²) in [6.07, 6.45) is 8.03. The zero-order valence-electron chi connectivity index (χ0n) is 28.4. The first-order valence-corrected chi connectivity index (χ1v) is 15.4. The molecule has 5 N–H and O–H groups in total. The van der Waals surface area contributed by atoms with Crippen molar-refractivity contribution >= 4 is 58.0 Å². The first-order chi connectivity index (χ1) is 24.1. The molecule has 5 aromatic rings. The van der Waals surface area contributed by atoms with Crippen LogP contribution < -0.4 is 26.6 Å². The summed E-state index contributed by atoms with van der Waals surface area (Å²) in [5.41, 5.74) is 2.25. The van der Waals surface area contributed by atoms with Crippen molar-refractivity contribution in [3.05, 3.63) is 107 Å². The van der Waals surface area contributed by atoms with Gasteiger partial charge in [0.2, 0.25) is 0 Å². The van der Waals surface area contributed by atoms with E-state index in [1.165, 1.54) is 51.3 Å². The predicted octanol–water partition coefficient (Wildman–Crippen LogP) is 3.25. The molecule has 18 nitrogen and oxygen atoms in total. The van der Waals surface area contributed by atoms with E-state index in [-0.39, 0.29) is 34.4 Å². The predicted molar refractivity (Wildman–Crippen MR) is 188 cm³/mol. The Bertz CT molecular complexity index is 2190. The minimum absolute atomic E-state index is 0.0653. The van der Waals surface area contributed by atoms with Crippen molar-refractivity contribution < 1.29 is 28.9 Å². The third-order valence-electron chi connectivity index (χ3n) is 7.88. The Morgan fingerprint density at radius 3 is 1.14 bits per heavy atom. The zero-order valence-corrected chi connectivity index (χ0v) is 28.4. The summed E-state index contributed by atoms with van der Waals surface area (Å²) < 4.78 is 7.50. The number of aromatic nitrogens is 5. The van der Waals surface area contributed by atoms with Gasteiger partial charge in [0.25, 0.3) is 35.2 Å². The minimum atomic E-state index is -0.598. The number of carbonyl (C=O) groups excluding carboxylic acids is 5. The van der Waals surface area contributed by atoms with Crippen LogP contribution in [0.15, 0.2) is 61.3 Å². The molecule has 0 bridgehead atoms. The van der Waals surface area contributed by atoms with Crippen LogP contribution in [0.5, 0.6) is 0 Å². The molecule has 5 heterocycles. The third kappa shape index (κ3) is 7.74. The van der Waals surface area contributed by atoms with E-state index < -0.39 is 28.6 Å². The number of nitrogens with zero attached hydrogens (tertiary/aromatic N) is 6. The van der Waals surface area contributed by atoms with Crippen LogP contribution in [-0.2, 0) is 35.2 Å². The molecule has 1 radical (unpaired) electrons. The lowest BCUT2D eigenvalue weighted by atomic mass is 10.3. The van der Waals surface area contributed by atoms with E-state index in [4.69, 9.17) is 0 Å². The van der Waals surface area contributed by atoms with Gasteiger partial charge in [0, 0.05) is 72.6 Å². The summed E-state index contributed by atoms with van der Waals surface area (Å²) in [5.74, 6) is -2.35. The van der Waals surface area contributed by atoms with Gasteiger partial charge in [0.1, 0.15) is 28.5 Å². The second-order valence-corrected chi connectivity index (χ2v) is 11.8. The zero-order chi connectivity index (χ0) is 37.1. The van der Waals surface area contributed by atoms with Crippen LogP contribution in [0.2, 0.25) is 0 Å². The molecule has 18 heteroatoms. The maximum absolute atomic E-state index is 13.2. The number of hydrogen-bond acceptors (Lipinski definition) is 7. The molecule has 0 aromatic carbocycles. The Kier molecular flexibility index (Phi) is 9.96. The number of anilines is 4. The Balaban J connectivity index is 1.21. The normalized spacial score (nSPS) is 10.9. The summed E-state index contributed by atoms with van der Waals surface area (Å²) in [6.45, 7) is 4.12. The average Bonchev–Trinajstić information content (AvgIpc) is 3.88. The number of amides is 5. The quantitative estimate of drug-likeness (QED) is 0.0968. The van der Waals surface area contributed by atoms with Gasteiger partial charge in [-0.25, -0.2) is 0 Å². The summed E-state index contributed by atoms with van der Waals surface area (Å²) >= 11 is 0. The van der Waals surface area contributed by atoms with Crippen LogP contribution in [0, 0.1) is 17.0 Å². The number of nitrogens with one attached hydrogen (secondary N) is 5. The van der Waals surface area contributed by atoms with Gasteiger partial charge in [0.15, 0.2) is 0 Å². The molecule has 5 rings (SSSR count). The van der Waals surface area contributed by atoms with Crippen molar-refractivity contribution in [3.63, 3.8) is 0 Å². The van der Waals surface area contributed by atoms with Gasteiger partial charge in [0.05, 0.1) is 33.9 Å². The van der Waals surface area contributed by atoms with Gasteiger partial charge in [-0.1, -0.05) is 6.92 Å². The molecular weight excluding hydrogens is 662 g/mol. The van der Waals surface area contributed by atoms with Gasteiger partial charge in [-0.05, 0) is 30.7 Å². The third-order valence-corrected chi connectivity index (χ3v) is 7.88. The molecule has 0 saturated carbocycles. The molecule has 5 amide bonds. The highest BCUT2D eigenvalue weighted by molar-refractivity contribution is 6.09. The van der Waals surface area contributed by atoms with E-state index >= 15 is 0 Å². The van der Waals surface area contributed by atoms with Crippen LogP contribution >= 0.6 is 0 Å². The molecule has 0 fully saturated rings. The summed E-state index contributed by atoms with van der Waals surface area (Å²) in [7, 11) is 8.09. The largest absolute Gasteiger partial charge is 0.351 e. The van der Waals surface area contributed by atoms with Crippen molar-refractivity contribution in [1.29, 1.82) is 0 Å². The van der Waals surface area contributed by atoms with Crippen LogP contribution in [-0.4, -0.2) is 63.8 Å². The number of carbonyl (C=O) groups is 5. The molecular formula is C33H36N11O7. The molecule has 5 aromatic heterocycles. The number of aryl methyl sites for hydroxylation is 5. The fraction of sp³-hybridized carbons (Fsp3) is 0.212. The van der Waals surface area contributed by atoms with Crippen molar-refractivity contribution in [2.75, 3.05) is 27.8 Å². The van der Waals surface area contributed by atoms with Gasteiger partial charge in [-0.3, -0.25) is 34.1 Å². The average molecular weight is 699 g/mol. The molecule has 0 saturated heterocycles. The van der Waals surface area contributed by atoms with Crippen LogP contribution in [0.25, 0.3) is 0 Å². The lowest BCUT2D eigenvalue weighted by molar-refractivity contribution is -0.384. The highest BCUT2D eigenvalue weighted by Crippen LogP contribution is 2.22. The van der Waals surface area contributed by atoms with Crippen molar-refractivity contribution in [1.82, 2.24) is 28.2 Å².